The molecule has 1 aliphatic carbocycles. The summed E-state index contributed by atoms with van der Waals surface area (Å²) in [7, 11) is 0. The molecule has 0 spiro atoms. The van der Waals surface area contributed by atoms with Crippen LogP contribution in [0.4, 0.5) is 14.5 Å². The lowest BCUT2D eigenvalue weighted by atomic mass is 9.86. The van der Waals surface area contributed by atoms with Gasteiger partial charge in [0.1, 0.15) is 17.2 Å². The van der Waals surface area contributed by atoms with Crippen molar-refractivity contribution < 1.29 is 18.4 Å². The van der Waals surface area contributed by atoms with Gasteiger partial charge in [0.25, 0.3) is 11.8 Å². The van der Waals surface area contributed by atoms with E-state index in [9.17, 15) is 18.4 Å². The predicted octanol–water partition coefficient (Wildman–Crippen LogP) is 4.82. The summed E-state index contributed by atoms with van der Waals surface area (Å²) >= 11 is 0. The minimum atomic E-state index is -0.964. The zero-order chi connectivity index (χ0) is 27.8. The number of rotatable bonds is 5. The van der Waals surface area contributed by atoms with Crippen molar-refractivity contribution in [1.29, 1.82) is 0 Å². The van der Waals surface area contributed by atoms with Crippen molar-refractivity contribution in [3.05, 3.63) is 65.4 Å². The van der Waals surface area contributed by atoms with Gasteiger partial charge in [-0.2, -0.15) is 5.10 Å². The molecule has 0 bridgehead atoms. The Balaban J connectivity index is 1.15. The third-order valence-electron chi connectivity index (χ3n) is 8.14. The molecule has 208 valence electrons. The zero-order valence-electron chi connectivity index (χ0n) is 22.2. The van der Waals surface area contributed by atoms with Crippen LogP contribution in [0.5, 0.6) is 0 Å². The molecule has 3 heterocycles. The number of anilines is 1. The first kappa shape index (κ1) is 26.1. The molecule has 4 aromatic rings. The van der Waals surface area contributed by atoms with E-state index in [-0.39, 0.29) is 17.3 Å². The summed E-state index contributed by atoms with van der Waals surface area (Å²) in [5.74, 6) is -1.75. The van der Waals surface area contributed by atoms with Gasteiger partial charge in [0, 0.05) is 44.0 Å². The molecule has 9 nitrogen and oxygen atoms in total. The molecule has 1 saturated carbocycles. The summed E-state index contributed by atoms with van der Waals surface area (Å²) in [6.07, 6.45) is 6.46. The maximum Gasteiger partial charge on any atom is 0.261 e. The lowest BCUT2D eigenvalue weighted by molar-refractivity contribution is 0.0501. The summed E-state index contributed by atoms with van der Waals surface area (Å²) in [5.41, 5.74) is 1.59. The van der Waals surface area contributed by atoms with Crippen LogP contribution in [-0.2, 0) is 0 Å². The summed E-state index contributed by atoms with van der Waals surface area (Å²) in [6, 6.07) is 9.16. The molecule has 11 heteroatoms. The quantitative estimate of drug-likeness (QED) is 0.332. The number of fused-ring (bicyclic) bond motifs is 1. The molecule has 2 amide bonds. The lowest BCUT2D eigenvalue weighted by Crippen LogP contribution is -2.52. The highest BCUT2D eigenvalue weighted by molar-refractivity contribution is 6.06. The van der Waals surface area contributed by atoms with Gasteiger partial charge in [-0.05, 0) is 61.9 Å². The van der Waals surface area contributed by atoms with E-state index >= 15 is 0 Å². The highest BCUT2D eigenvalue weighted by Crippen LogP contribution is 2.29. The van der Waals surface area contributed by atoms with Gasteiger partial charge in [-0.15, -0.1) is 0 Å². The van der Waals surface area contributed by atoms with Gasteiger partial charge in [-0.3, -0.25) is 19.6 Å². The molecule has 2 aromatic heterocycles. The van der Waals surface area contributed by atoms with Crippen LogP contribution in [-0.4, -0.2) is 74.0 Å². The Morgan fingerprint density at radius 3 is 2.45 bits per heavy atom. The van der Waals surface area contributed by atoms with Gasteiger partial charge in [0.05, 0.1) is 16.7 Å². The Labute approximate surface area is 230 Å². The molecule has 0 atom stereocenters. The van der Waals surface area contributed by atoms with Gasteiger partial charge < -0.3 is 15.2 Å². The topological polar surface area (TPSA) is 110 Å². The van der Waals surface area contributed by atoms with Crippen LogP contribution in [0.1, 0.15) is 53.3 Å². The number of carbonyl (C=O) groups is 2. The average Bonchev–Trinajstić information content (AvgIpc) is 3.59. The van der Waals surface area contributed by atoms with Crippen LogP contribution < -0.4 is 5.32 Å². The second-order valence-electron chi connectivity index (χ2n) is 10.8. The number of hydrogen-bond donors (Lipinski definition) is 3. The van der Waals surface area contributed by atoms with Crippen molar-refractivity contribution in [3.8, 4) is 11.5 Å². The number of aromatic amines is 2. The van der Waals surface area contributed by atoms with E-state index in [0.29, 0.717) is 41.6 Å². The molecule has 2 fully saturated rings. The fourth-order valence-electron chi connectivity index (χ4n) is 5.80. The molecule has 0 radical (unpaired) electrons. The first-order valence-corrected chi connectivity index (χ1v) is 13.7. The highest BCUT2D eigenvalue weighted by atomic mass is 19.1. The van der Waals surface area contributed by atoms with Crippen LogP contribution in [0.3, 0.4) is 0 Å². The number of H-pyrrole nitrogens is 2. The molecule has 1 aliphatic heterocycles. The van der Waals surface area contributed by atoms with Crippen molar-refractivity contribution in [2.24, 2.45) is 5.92 Å². The second kappa shape index (κ2) is 10.8. The smallest absolute Gasteiger partial charge is 0.261 e. The van der Waals surface area contributed by atoms with E-state index in [0.717, 1.165) is 31.1 Å². The Kier molecular flexibility index (Phi) is 7.05. The van der Waals surface area contributed by atoms with Crippen molar-refractivity contribution in [3.63, 3.8) is 0 Å². The van der Waals surface area contributed by atoms with Crippen LogP contribution in [0.25, 0.3) is 22.6 Å². The van der Waals surface area contributed by atoms with Gasteiger partial charge in [0.2, 0.25) is 0 Å². The van der Waals surface area contributed by atoms with E-state index in [2.05, 4.69) is 37.3 Å². The molecule has 2 aliphatic rings. The van der Waals surface area contributed by atoms with Crippen molar-refractivity contribution in [2.45, 2.75) is 38.6 Å². The monoisotopic (exact) mass is 547 g/mol. The Morgan fingerprint density at radius 1 is 1.00 bits per heavy atom. The summed E-state index contributed by atoms with van der Waals surface area (Å²) in [5, 5.41) is 9.30. The fraction of sp³-hybridized carbons (Fsp3) is 0.379. The molecular weight excluding hydrogens is 516 g/mol. The van der Waals surface area contributed by atoms with E-state index in [4.69, 9.17) is 0 Å². The van der Waals surface area contributed by atoms with Gasteiger partial charge in [0.15, 0.2) is 11.5 Å². The summed E-state index contributed by atoms with van der Waals surface area (Å²) in [6.45, 7) is 5.52. The highest BCUT2D eigenvalue weighted by Gasteiger charge is 2.29. The van der Waals surface area contributed by atoms with Crippen LogP contribution in [0.15, 0.2) is 42.6 Å². The lowest BCUT2D eigenvalue weighted by Gasteiger charge is -2.41. The normalized spacial score (nSPS) is 20.1. The van der Waals surface area contributed by atoms with Crippen LogP contribution >= 0.6 is 0 Å². The summed E-state index contributed by atoms with van der Waals surface area (Å²) in [4.78, 5) is 38.1. The van der Waals surface area contributed by atoms with Crippen molar-refractivity contribution in [1.82, 2.24) is 30.0 Å². The number of hydrogen-bond acceptors (Lipinski definition) is 5. The van der Waals surface area contributed by atoms with Crippen LogP contribution in [0.2, 0.25) is 0 Å². The van der Waals surface area contributed by atoms with E-state index in [1.807, 2.05) is 4.90 Å². The standard InChI is InChI=1S/C29H31F2N7O2/c1-17-5-8-19(9-6-17)37-11-13-38(14-12-37)29(40)18-7-10-22-23(15-18)34-27(33-22)26-24(16-32-36-26)35-28(39)25-20(30)3-2-4-21(25)31/h2-4,7,10,15-17,19H,5-6,8-9,11-14H2,1H3,(H,32,36)(H,33,34)(H,35,39). The minimum absolute atomic E-state index is 0.0250. The summed E-state index contributed by atoms with van der Waals surface area (Å²) < 4.78 is 28.1. The number of carbonyl (C=O) groups excluding carboxylic acids is 2. The second-order valence-corrected chi connectivity index (χ2v) is 10.8. The zero-order valence-corrected chi connectivity index (χ0v) is 22.2. The number of nitrogens with one attached hydrogen (secondary N) is 3. The SMILES string of the molecule is CC1CCC(N2CCN(C(=O)c3ccc4[nH]c(-c5n[nH]cc5NC(=O)c5c(F)cccc5F)nc4c3)CC2)CC1. The maximum absolute atomic E-state index is 14.1. The number of nitrogens with zero attached hydrogens (tertiary/aromatic N) is 4. The molecule has 1 saturated heterocycles. The van der Waals surface area contributed by atoms with Crippen molar-refractivity contribution in [2.75, 3.05) is 31.5 Å². The Morgan fingerprint density at radius 2 is 1.73 bits per heavy atom. The fourth-order valence-corrected chi connectivity index (χ4v) is 5.80. The molecular formula is C29H31F2N7O2. The Bertz CT molecular complexity index is 1530. The third kappa shape index (κ3) is 5.08. The van der Waals surface area contributed by atoms with Gasteiger partial charge in [-0.1, -0.05) is 13.0 Å². The van der Waals surface area contributed by atoms with E-state index < -0.39 is 23.1 Å². The maximum atomic E-state index is 14.1. The number of benzene rings is 2. The minimum Gasteiger partial charge on any atom is -0.337 e. The average molecular weight is 548 g/mol. The van der Waals surface area contributed by atoms with E-state index in [1.54, 1.807) is 18.2 Å². The number of aromatic nitrogens is 4. The molecule has 40 heavy (non-hydrogen) atoms. The number of halogens is 2. The first-order valence-electron chi connectivity index (χ1n) is 13.7. The third-order valence-corrected chi connectivity index (χ3v) is 8.14. The van der Waals surface area contributed by atoms with Crippen molar-refractivity contribution >= 4 is 28.5 Å². The molecule has 2 aromatic carbocycles. The van der Waals surface area contributed by atoms with Gasteiger partial charge >= 0.3 is 0 Å². The number of imidazole rings is 1. The Hall–Kier alpha value is -4.12. The first-order chi connectivity index (χ1) is 19.4. The largest absolute Gasteiger partial charge is 0.337 e. The van der Waals surface area contributed by atoms with Crippen LogP contribution in [0, 0.1) is 17.6 Å². The number of amides is 2. The van der Waals surface area contributed by atoms with Gasteiger partial charge in [-0.25, -0.2) is 13.8 Å². The molecule has 0 unspecified atom stereocenters. The molecule has 6 rings (SSSR count). The predicted molar refractivity (Wildman–Crippen MR) is 147 cm³/mol. The molecule has 3 N–H and O–H groups in total. The van der Waals surface area contributed by atoms with E-state index in [1.165, 1.54) is 37.9 Å². The number of piperazine rings is 1.